The van der Waals surface area contributed by atoms with Gasteiger partial charge in [0.2, 0.25) is 0 Å². The third-order valence-corrected chi connectivity index (χ3v) is 4.57. The Morgan fingerprint density at radius 2 is 1.68 bits per heavy atom. The molecule has 0 unspecified atom stereocenters. The maximum atomic E-state index is 12.3. The fraction of sp³-hybridized carbons (Fsp3) is 0.286. The molecule has 0 saturated heterocycles. The molecule has 0 aromatic heterocycles. The van der Waals surface area contributed by atoms with Gasteiger partial charge in [-0.2, -0.15) is 0 Å². The van der Waals surface area contributed by atoms with Crippen LogP contribution in [0.2, 0.25) is 0 Å². The molecule has 7 heteroatoms. The zero-order chi connectivity index (χ0) is 20.4. The Labute approximate surface area is 169 Å². The fourth-order valence-electron chi connectivity index (χ4n) is 2.22. The molecule has 2 aromatic carbocycles. The first-order valence-electron chi connectivity index (χ1n) is 8.96. The quantitative estimate of drug-likeness (QED) is 0.498. The van der Waals surface area contributed by atoms with E-state index < -0.39 is 18.5 Å². The molecule has 2 N–H and O–H groups in total. The van der Waals surface area contributed by atoms with Crippen molar-refractivity contribution in [2.24, 2.45) is 5.92 Å². The summed E-state index contributed by atoms with van der Waals surface area (Å²) >= 11 is 1.34. The SMILES string of the molecule is CC(C)CNC(=O)c1ccccc1NC(=O)COC(=O)CSc1ccccc1. The monoisotopic (exact) mass is 400 g/mol. The second kappa shape index (κ2) is 11.1. The molecule has 0 heterocycles. The lowest BCUT2D eigenvalue weighted by molar-refractivity contribution is -0.144. The molecule has 0 saturated carbocycles. The Morgan fingerprint density at radius 3 is 2.39 bits per heavy atom. The number of carbonyl (C=O) groups excluding carboxylic acids is 3. The Balaban J connectivity index is 1.82. The van der Waals surface area contributed by atoms with Crippen LogP contribution < -0.4 is 10.6 Å². The van der Waals surface area contributed by atoms with Crippen molar-refractivity contribution >= 4 is 35.2 Å². The van der Waals surface area contributed by atoms with Crippen LogP contribution in [0.15, 0.2) is 59.5 Å². The summed E-state index contributed by atoms with van der Waals surface area (Å²) in [6.07, 6.45) is 0. The molecule has 0 bridgehead atoms. The molecule has 0 radical (unpaired) electrons. The van der Waals surface area contributed by atoms with Crippen LogP contribution in [-0.2, 0) is 14.3 Å². The van der Waals surface area contributed by atoms with Gasteiger partial charge >= 0.3 is 5.97 Å². The summed E-state index contributed by atoms with van der Waals surface area (Å²) in [7, 11) is 0. The molecule has 0 spiro atoms. The van der Waals surface area contributed by atoms with Crippen molar-refractivity contribution in [3.63, 3.8) is 0 Å². The van der Waals surface area contributed by atoms with Gasteiger partial charge < -0.3 is 15.4 Å². The molecule has 0 aliphatic heterocycles. The van der Waals surface area contributed by atoms with E-state index in [0.29, 0.717) is 23.7 Å². The topological polar surface area (TPSA) is 84.5 Å². The molecule has 6 nitrogen and oxygen atoms in total. The van der Waals surface area contributed by atoms with E-state index in [4.69, 9.17) is 4.74 Å². The highest BCUT2D eigenvalue weighted by molar-refractivity contribution is 8.00. The van der Waals surface area contributed by atoms with Gasteiger partial charge in [0.1, 0.15) is 0 Å². The molecule has 0 fully saturated rings. The van der Waals surface area contributed by atoms with Crippen LogP contribution in [-0.4, -0.2) is 36.7 Å². The van der Waals surface area contributed by atoms with Crippen LogP contribution in [0.25, 0.3) is 0 Å². The lowest BCUT2D eigenvalue weighted by Crippen LogP contribution is -2.29. The van der Waals surface area contributed by atoms with Crippen LogP contribution in [0, 0.1) is 5.92 Å². The highest BCUT2D eigenvalue weighted by Gasteiger charge is 2.14. The molecule has 0 atom stereocenters. The van der Waals surface area contributed by atoms with Gasteiger partial charge in [-0.15, -0.1) is 11.8 Å². The molecular weight excluding hydrogens is 376 g/mol. The highest BCUT2D eigenvalue weighted by Crippen LogP contribution is 2.17. The number of esters is 1. The maximum absolute atomic E-state index is 12.3. The first-order valence-corrected chi connectivity index (χ1v) is 9.95. The molecule has 2 amide bonds. The van der Waals surface area contributed by atoms with E-state index in [1.165, 1.54) is 11.8 Å². The second-order valence-corrected chi connectivity index (χ2v) is 7.51. The first-order chi connectivity index (χ1) is 13.5. The first kappa shape index (κ1) is 21.5. The Morgan fingerprint density at radius 1 is 1.00 bits per heavy atom. The number of anilines is 1. The van der Waals surface area contributed by atoms with Gasteiger partial charge in [-0.05, 0) is 30.2 Å². The van der Waals surface area contributed by atoms with Crippen molar-refractivity contribution in [2.75, 3.05) is 24.2 Å². The number of hydrogen-bond acceptors (Lipinski definition) is 5. The number of benzene rings is 2. The molecule has 2 rings (SSSR count). The van der Waals surface area contributed by atoms with Crippen molar-refractivity contribution in [3.05, 3.63) is 60.2 Å². The lowest BCUT2D eigenvalue weighted by Gasteiger charge is -2.12. The third-order valence-electron chi connectivity index (χ3n) is 3.58. The van der Waals surface area contributed by atoms with Gasteiger partial charge in [-0.25, -0.2) is 0 Å². The number of hydrogen-bond donors (Lipinski definition) is 2. The van der Waals surface area contributed by atoms with E-state index in [9.17, 15) is 14.4 Å². The standard InChI is InChI=1S/C21H24N2O4S/c1-15(2)12-22-21(26)17-10-6-7-11-18(17)23-19(24)13-27-20(25)14-28-16-8-4-3-5-9-16/h3-11,15H,12-14H2,1-2H3,(H,22,26)(H,23,24). The van der Waals surface area contributed by atoms with Crippen molar-refractivity contribution in [3.8, 4) is 0 Å². The van der Waals surface area contributed by atoms with Gasteiger partial charge in [0.05, 0.1) is 17.0 Å². The van der Waals surface area contributed by atoms with Gasteiger partial charge in [0, 0.05) is 11.4 Å². The minimum atomic E-state index is -0.498. The van der Waals surface area contributed by atoms with Crippen LogP contribution in [0.5, 0.6) is 0 Å². The minimum Gasteiger partial charge on any atom is -0.455 e. The summed E-state index contributed by atoms with van der Waals surface area (Å²) in [4.78, 5) is 37.2. The van der Waals surface area contributed by atoms with Crippen molar-refractivity contribution in [1.29, 1.82) is 0 Å². The number of carbonyl (C=O) groups is 3. The number of thioether (sulfide) groups is 1. The lowest BCUT2D eigenvalue weighted by atomic mass is 10.1. The summed E-state index contributed by atoms with van der Waals surface area (Å²) in [5.74, 6) is -0.806. The van der Waals surface area contributed by atoms with Crippen LogP contribution in [0.1, 0.15) is 24.2 Å². The average molecular weight is 401 g/mol. The minimum absolute atomic E-state index is 0.117. The summed E-state index contributed by atoms with van der Waals surface area (Å²) in [6.45, 7) is 4.13. The number of rotatable bonds is 9. The van der Waals surface area contributed by atoms with E-state index in [0.717, 1.165) is 4.90 Å². The molecular formula is C21H24N2O4S. The van der Waals surface area contributed by atoms with E-state index in [1.807, 2.05) is 44.2 Å². The van der Waals surface area contributed by atoms with Crippen molar-refractivity contribution in [1.82, 2.24) is 5.32 Å². The predicted octanol–water partition coefficient (Wildman–Crippen LogP) is 3.35. The summed E-state index contributed by atoms with van der Waals surface area (Å²) in [6, 6.07) is 16.2. The van der Waals surface area contributed by atoms with Gasteiger partial charge in [0.15, 0.2) is 6.61 Å². The van der Waals surface area contributed by atoms with Gasteiger partial charge in [-0.1, -0.05) is 44.2 Å². The fourth-order valence-corrected chi connectivity index (χ4v) is 2.93. The smallest absolute Gasteiger partial charge is 0.316 e. The Bertz CT molecular complexity index is 809. The number of ether oxygens (including phenoxy) is 1. The molecule has 148 valence electrons. The number of para-hydroxylation sites is 1. The average Bonchev–Trinajstić information content (AvgIpc) is 2.70. The van der Waals surface area contributed by atoms with Gasteiger partial charge in [-0.3, -0.25) is 14.4 Å². The van der Waals surface area contributed by atoms with E-state index in [-0.39, 0.29) is 11.7 Å². The maximum Gasteiger partial charge on any atom is 0.316 e. The Kier molecular flexibility index (Phi) is 8.55. The van der Waals surface area contributed by atoms with Crippen LogP contribution >= 0.6 is 11.8 Å². The van der Waals surface area contributed by atoms with Crippen LogP contribution in [0.3, 0.4) is 0 Å². The van der Waals surface area contributed by atoms with Crippen LogP contribution in [0.4, 0.5) is 5.69 Å². The largest absolute Gasteiger partial charge is 0.455 e. The van der Waals surface area contributed by atoms with E-state index >= 15 is 0 Å². The molecule has 28 heavy (non-hydrogen) atoms. The zero-order valence-corrected chi connectivity index (χ0v) is 16.8. The normalized spacial score (nSPS) is 10.4. The second-order valence-electron chi connectivity index (χ2n) is 6.46. The van der Waals surface area contributed by atoms with Crippen molar-refractivity contribution < 1.29 is 19.1 Å². The summed E-state index contributed by atoms with van der Waals surface area (Å²) in [5.41, 5.74) is 0.742. The number of nitrogens with one attached hydrogen (secondary N) is 2. The van der Waals surface area contributed by atoms with Gasteiger partial charge in [0.25, 0.3) is 11.8 Å². The predicted molar refractivity (Wildman–Crippen MR) is 110 cm³/mol. The Hall–Kier alpha value is -2.80. The summed E-state index contributed by atoms with van der Waals surface area (Å²) in [5, 5.41) is 5.44. The van der Waals surface area contributed by atoms with E-state index in [1.54, 1.807) is 24.3 Å². The van der Waals surface area contributed by atoms with E-state index in [2.05, 4.69) is 10.6 Å². The third kappa shape index (κ3) is 7.44. The molecule has 0 aliphatic carbocycles. The number of amides is 2. The highest BCUT2D eigenvalue weighted by atomic mass is 32.2. The van der Waals surface area contributed by atoms with Crippen molar-refractivity contribution in [2.45, 2.75) is 18.7 Å². The molecule has 2 aromatic rings. The molecule has 0 aliphatic rings. The zero-order valence-electron chi connectivity index (χ0n) is 15.9. The summed E-state index contributed by atoms with van der Waals surface area (Å²) < 4.78 is 5.00.